The van der Waals surface area contributed by atoms with Gasteiger partial charge in [0.2, 0.25) is 17.3 Å². The molecule has 0 fully saturated rings. The van der Waals surface area contributed by atoms with E-state index < -0.39 is 57.5 Å². The lowest BCUT2D eigenvalue weighted by Gasteiger charge is -2.29. The van der Waals surface area contributed by atoms with Crippen LogP contribution in [0.2, 0.25) is 0 Å². The number of alkyl carbamates (subject to hydrolysis) is 1. The SMILES string of the molecule is CC(C)C[C@H](NC(=O)OCc1ccccc1)C(=O)N[C@H](C(=O)NC(Cc1ccc(O)cc1)C(O)S(=O)(=O)O)C(C)C. The van der Waals surface area contributed by atoms with Crippen molar-refractivity contribution in [1.82, 2.24) is 16.0 Å². The molecule has 6 N–H and O–H groups in total. The minimum atomic E-state index is -4.97. The van der Waals surface area contributed by atoms with Gasteiger partial charge >= 0.3 is 6.09 Å². The van der Waals surface area contributed by atoms with Crippen LogP contribution in [-0.4, -0.2) is 64.7 Å². The van der Waals surface area contributed by atoms with Crippen LogP contribution < -0.4 is 16.0 Å². The van der Waals surface area contributed by atoms with E-state index in [9.17, 15) is 37.6 Å². The van der Waals surface area contributed by atoms with Crippen LogP contribution in [0.4, 0.5) is 4.79 Å². The highest BCUT2D eigenvalue weighted by Gasteiger charge is 2.35. The molecule has 2 rings (SSSR count). The summed E-state index contributed by atoms with van der Waals surface area (Å²) in [6, 6.07) is 10.9. The molecule has 0 saturated heterocycles. The predicted molar refractivity (Wildman–Crippen MR) is 151 cm³/mol. The largest absolute Gasteiger partial charge is 0.508 e. The Morgan fingerprint density at radius 1 is 0.854 bits per heavy atom. The lowest BCUT2D eigenvalue weighted by molar-refractivity contribution is -0.131. The molecule has 2 aromatic carbocycles. The Balaban J connectivity index is 2.16. The van der Waals surface area contributed by atoms with Crippen molar-refractivity contribution in [3.05, 3.63) is 65.7 Å². The number of nitrogens with one attached hydrogen (secondary N) is 3. The normalized spacial score (nSPS) is 14.5. The molecule has 0 saturated carbocycles. The summed E-state index contributed by atoms with van der Waals surface area (Å²) in [5.41, 5.74) is -1.15. The maximum Gasteiger partial charge on any atom is 0.408 e. The second-order valence-corrected chi connectivity index (χ2v) is 12.0. The number of rotatable bonds is 14. The Morgan fingerprint density at radius 3 is 2.00 bits per heavy atom. The molecular formula is C28H39N3O9S. The highest BCUT2D eigenvalue weighted by molar-refractivity contribution is 7.86. The number of hydrogen-bond acceptors (Lipinski definition) is 8. The average molecular weight is 594 g/mol. The van der Waals surface area contributed by atoms with E-state index in [1.807, 2.05) is 19.9 Å². The maximum atomic E-state index is 13.3. The second-order valence-electron chi connectivity index (χ2n) is 10.5. The molecule has 226 valence electrons. The zero-order valence-corrected chi connectivity index (χ0v) is 24.3. The number of amides is 3. The van der Waals surface area contributed by atoms with Crippen LogP contribution in [0.15, 0.2) is 54.6 Å². The van der Waals surface area contributed by atoms with E-state index in [4.69, 9.17) is 4.74 Å². The fourth-order valence-corrected chi connectivity index (χ4v) is 4.57. The Hall–Kier alpha value is -3.68. The van der Waals surface area contributed by atoms with Crippen molar-refractivity contribution in [3.63, 3.8) is 0 Å². The number of aliphatic hydroxyl groups is 1. The number of phenolic OH excluding ortho intramolecular Hbond substituents is 1. The average Bonchev–Trinajstić information content (AvgIpc) is 2.90. The zero-order valence-electron chi connectivity index (χ0n) is 23.5. The first kappa shape index (κ1) is 33.5. The molecule has 3 amide bonds. The number of carbonyl (C=O) groups excluding carboxylic acids is 3. The van der Waals surface area contributed by atoms with Gasteiger partial charge in [-0.15, -0.1) is 0 Å². The predicted octanol–water partition coefficient (Wildman–Crippen LogP) is 2.11. The first-order valence-corrected chi connectivity index (χ1v) is 14.7. The molecule has 0 radical (unpaired) electrons. The monoisotopic (exact) mass is 593 g/mol. The molecule has 0 aliphatic heterocycles. The summed E-state index contributed by atoms with van der Waals surface area (Å²) in [5, 5.41) is 27.3. The van der Waals surface area contributed by atoms with Crippen molar-refractivity contribution in [1.29, 1.82) is 0 Å². The van der Waals surface area contributed by atoms with Crippen LogP contribution in [-0.2, 0) is 37.5 Å². The second kappa shape index (κ2) is 15.4. The first-order chi connectivity index (χ1) is 19.2. The molecule has 12 nitrogen and oxygen atoms in total. The van der Waals surface area contributed by atoms with E-state index in [-0.39, 0.29) is 31.1 Å². The van der Waals surface area contributed by atoms with Gasteiger partial charge in [-0.1, -0.05) is 70.2 Å². The van der Waals surface area contributed by atoms with Gasteiger partial charge in [-0.2, -0.15) is 8.42 Å². The molecule has 13 heteroatoms. The maximum absolute atomic E-state index is 13.3. The van der Waals surface area contributed by atoms with E-state index in [1.165, 1.54) is 24.3 Å². The van der Waals surface area contributed by atoms with Crippen molar-refractivity contribution in [2.45, 2.75) is 70.7 Å². The third kappa shape index (κ3) is 11.4. The third-order valence-electron chi connectivity index (χ3n) is 6.14. The van der Waals surface area contributed by atoms with Gasteiger partial charge in [0.1, 0.15) is 24.4 Å². The van der Waals surface area contributed by atoms with Gasteiger partial charge < -0.3 is 30.9 Å². The topological polar surface area (TPSA) is 191 Å². The highest BCUT2D eigenvalue weighted by atomic mass is 32.2. The molecule has 41 heavy (non-hydrogen) atoms. The standard InChI is InChI=1S/C28H39N3O9S/c1-17(2)14-22(30-28(36)40-16-20-8-6-5-7-9-20)25(33)31-24(18(3)4)26(34)29-23(27(35)41(37,38)39)15-19-10-12-21(32)13-11-19/h5-13,17-18,22-24,27,32,35H,14-16H2,1-4H3,(H,29,34)(H,30,36)(H,31,33)(H,37,38,39)/t22-,23?,24-,27?/m0/s1. The van der Waals surface area contributed by atoms with Crippen LogP contribution in [0, 0.1) is 11.8 Å². The van der Waals surface area contributed by atoms with Crippen LogP contribution in [0.25, 0.3) is 0 Å². The fraction of sp³-hybridized carbons (Fsp3) is 0.464. The van der Waals surface area contributed by atoms with E-state index >= 15 is 0 Å². The molecule has 4 atom stereocenters. The van der Waals surface area contributed by atoms with Gasteiger partial charge in [0, 0.05) is 0 Å². The summed E-state index contributed by atoms with van der Waals surface area (Å²) < 4.78 is 38.1. The van der Waals surface area contributed by atoms with E-state index in [0.717, 1.165) is 5.56 Å². The molecule has 0 aromatic heterocycles. The number of benzene rings is 2. The Morgan fingerprint density at radius 2 is 1.46 bits per heavy atom. The molecule has 2 unspecified atom stereocenters. The number of hydrogen-bond donors (Lipinski definition) is 6. The van der Waals surface area contributed by atoms with Crippen molar-refractivity contribution in [2.24, 2.45) is 11.8 Å². The van der Waals surface area contributed by atoms with Gasteiger partial charge in [0.15, 0.2) is 0 Å². The molecule has 0 bridgehead atoms. The van der Waals surface area contributed by atoms with Gasteiger partial charge in [0.25, 0.3) is 10.1 Å². The van der Waals surface area contributed by atoms with E-state index in [2.05, 4.69) is 16.0 Å². The number of phenols is 1. The fourth-order valence-electron chi connectivity index (χ4n) is 3.99. The number of aliphatic hydroxyl groups excluding tert-OH is 1. The van der Waals surface area contributed by atoms with Crippen molar-refractivity contribution in [3.8, 4) is 5.75 Å². The summed E-state index contributed by atoms with van der Waals surface area (Å²) in [6.45, 7) is 7.01. The molecule has 2 aromatic rings. The lowest BCUT2D eigenvalue weighted by atomic mass is 9.99. The quantitative estimate of drug-likeness (QED) is 0.178. The summed E-state index contributed by atoms with van der Waals surface area (Å²) in [5.74, 6) is -2.00. The van der Waals surface area contributed by atoms with E-state index in [1.54, 1.807) is 38.1 Å². The number of carbonyl (C=O) groups is 3. The summed E-state index contributed by atoms with van der Waals surface area (Å²) in [6.07, 6.45) is -0.786. The lowest BCUT2D eigenvalue weighted by Crippen LogP contribution is -2.58. The van der Waals surface area contributed by atoms with Crippen LogP contribution in [0.5, 0.6) is 5.75 Å². The molecule has 0 spiro atoms. The number of ether oxygens (including phenoxy) is 1. The first-order valence-electron chi connectivity index (χ1n) is 13.2. The Labute approximate surface area is 240 Å². The number of aromatic hydroxyl groups is 1. The minimum Gasteiger partial charge on any atom is -0.508 e. The van der Waals surface area contributed by atoms with Gasteiger partial charge in [-0.3, -0.25) is 14.1 Å². The zero-order chi connectivity index (χ0) is 30.7. The summed E-state index contributed by atoms with van der Waals surface area (Å²) in [4.78, 5) is 39.0. The van der Waals surface area contributed by atoms with Crippen molar-refractivity contribution >= 4 is 28.0 Å². The molecular weight excluding hydrogens is 554 g/mol. The van der Waals surface area contributed by atoms with Gasteiger partial charge in [-0.05, 0) is 47.9 Å². The van der Waals surface area contributed by atoms with Crippen LogP contribution in [0.1, 0.15) is 45.2 Å². The molecule has 0 aliphatic rings. The van der Waals surface area contributed by atoms with Crippen LogP contribution >= 0.6 is 0 Å². The Bertz CT molecular complexity index is 1250. The molecule has 0 aliphatic carbocycles. The van der Waals surface area contributed by atoms with Gasteiger partial charge in [-0.25, -0.2) is 4.79 Å². The Kier molecular flexibility index (Phi) is 12.6. The molecule has 0 heterocycles. The third-order valence-corrected chi connectivity index (χ3v) is 7.08. The van der Waals surface area contributed by atoms with Crippen molar-refractivity contribution < 1.29 is 42.3 Å². The van der Waals surface area contributed by atoms with E-state index in [0.29, 0.717) is 5.56 Å². The minimum absolute atomic E-state index is 0.00176. The van der Waals surface area contributed by atoms with Gasteiger partial charge in [0.05, 0.1) is 6.04 Å². The summed E-state index contributed by atoms with van der Waals surface area (Å²) >= 11 is 0. The smallest absolute Gasteiger partial charge is 0.408 e. The van der Waals surface area contributed by atoms with Crippen molar-refractivity contribution in [2.75, 3.05) is 0 Å². The summed E-state index contributed by atoms with van der Waals surface area (Å²) in [7, 11) is -4.97. The highest BCUT2D eigenvalue weighted by Crippen LogP contribution is 2.15. The van der Waals surface area contributed by atoms with Crippen LogP contribution in [0.3, 0.4) is 0 Å².